The zero-order chi connectivity index (χ0) is 20.4. The van der Waals surface area contributed by atoms with Crippen molar-refractivity contribution in [2.24, 2.45) is 0 Å². The van der Waals surface area contributed by atoms with Crippen LogP contribution in [0.25, 0.3) is 0 Å². The summed E-state index contributed by atoms with van der Waals surface area (Å²) >= 11 is 0. The fraction of sp³-hybridized carbons (Fsp3) is 0.278. The Bertz CT molecular complexity index is 799. The van der Waals surface area contributed by atoms with Crippen molar-refractivity contribution < 1.29 is 36.2 Å². The van der Waals surface area contributed by atoms with Crippen LogP contribution in [0.1, 0.15) is 29.7 Å². The van der Waals surface area contributed by atoms with Gasteiger partial charge in [0, 0.05) is 6.92 Å². The molecule has 1 unspecified atom stereocenters. The largest absolute Gasteiger partial charge is 0.418 e. The third-order valence-electron chi connectivity index (χ3n) is 3.92. The van der Waals surface area contributed by atoms with E-state index in [0.29, 0.717) is 0 Å². The molecule has 1 N–H and O–H groups in total. The number of amides is 1. The molecule has 0 spiro atoms. The lowest BCUT2D eigenvalue weighted by Crippen LogP contribution is -2.36. The second-order valence-electron chi connectivity index (χ2n) is 5.72. The number of aliphatic hydroxyl groups is 1. The molecule has 0 aliphatic carbocycles. The van der Waals surface area contributed by atoms with Crippen LogP contribution in [0.5, 0.6) is 0 Å². The molecule has 9 heteroatoms. The Kier molecular flexibility index (Phi) is 5.84. The summed E-state index contributed by atoms with van der Waals surface area (Å²) in [5, 5.41) is 9.69. The number of aliphatic hydroxyl groups excluding tert-OH is 1. The maximum Gasteiger partial charge on any atom is 0.418 e. The molecule has 1 amide bonds. The molecule has 0 heterocycles. The second kappa shape index (κ2) is 7.59. The van der Waals surface area contributed by atoms with Crippen molar-refractivity contribution in [1.82, 2.24) is 0 Å². The van der Waals surface area contributed by atoms with E-state index < -0.39 is 47.7 Å². The SMILES string of the molecule is CC(=O)N(c1ccccc1C(F)(F)F)C(CO)c1ccc(C(F)(F)F)cc1. The van der Waals surface area contributed by atoms with Gasteiger partial charge in [0.05, 0.1) is 29.5 Å². The van der Waals surface area contributed by atoms with Gasteiger partial charge in [-0.05, 0) is 29.8 Å². The summed E-state index contributed by atoms with van der Waals surface area (Å²) in [6.07, 6.45) is -9.35. The zero-order valence-electron chi connectivity index (χ0n) is 14.0. The van der Waals surface area contributed by atoms with E-state index in [1.54, 1.807) is 0 Å². The first-order valence-electron chi connectivity index (χ1n) is 7.71. The predicted octanol–water partition coefficient (Wildman–Crippen LogP) is 4.81. The molecule has 1 atom stereocenters. The Morgan fingerprint density at radius 3 is 1.96 bits per heavy atom. The highest BCUT2D eigenvalue weighted by Gasteiger charge is 2.37. The number of carbonyl (C=O) groups is 1. The van der Waals surface area contributed by atoms with Gasteiger partial charge in [-0.1, -0.05) is 24.3 Å². The molecule has 2 aromatic carbocycles. The van der Waals surface area contributed by atoms with Gasteiger partial charge in [0.2, 0.25) is 5.91 Å². The molecule has 2 rings (SSSR count). The number of nitrogens with zero attached hydrogens (tertiary/aromatic N) is 1. The molecule has 27 heavy (non-hydrogen) atoms. The quantitative estimate of drug-likeness (QED) is 0.760. The molecular weight excluding hydrogens is 376 g/mol. The minimum absolute atomic E-state index is 0.0673. The summed E-state index contributed by atoms with van der Waals surface area (Å²) in [6, 6.07) is 6.54. The number of alkyl halides is 6. The highest BCUT2D eigenvalue weighted by Crippen LogP contribution is 2.39. The first-order chi connectivity index (χ1) is 12.5. The average molecular weight is 391 g/mol. The smallest absolute Gasteiger partial charge is 0.394 e. The molecule has 0 aliphatic rings. The Balaban J connectivity index is 2.54. The zero-order valence-corrected chi connectivity index (χ0v) is 14.0. The molecule has 0 bridgehead atoms. The van der Waals surface area contributed by atoms with Crippen LogP contribution in [0.15, 0.2) is 48.5 Å². The van der Waals surface area contributed by atoms with Crippen LogP contribution in [0.4, 0.5) is 32.0 Å². The van der Waals surface area contributed by atoms with Gasteiger partial charge in [0.25, 0.3) is 0 Å². The first kappa shape index (κ1) is 20.8. The molecule has 3 nitrogen and oxygen atoms in total. The lowest BCUT2D eigenvalue weighted by atomic mass is 10.0. The number of para-hydroxylation sites is 1. The summed E-state index contributed by atoms with van der Waals surface area (Å²) in [4.78, 5) is 12.8. The molecule has 0 saturated carbocycles. The number of benzene rings is 2. The van der Waals surface area contributed by atoms with Crippen molar-refractivity contribution in [2.75, 3.05) is 11.5 Å². The molecule has 0 aromatic heterocycles. The van der Waals surface area contributed by atoms with Gasteiger partial charge in [-0.25, -0.2) is 0 Å². The Morgan fingerprint density at radius 2 is 1.52 bits per heavy atom. The monoisotopic (exact) mass is 391 g/mol. The molecule has 2 aromatic rings. The van der Waals surface area contributed by atoms with Crippen molar-refractivity contribution in [3.63, 3.8) is 0 Å². The van der Waals surface area contributed by atoms with Crippen molar-refractivity contribution in [1.29, 1.82) is 0 Å². The van der Waals surface area contributed by atoms with Crippen LogP contribution in [0, 0.1) is 0 Å². The van der Waals surface area contributed by atoms with Gasteiger partial charge in [-0.15, -0.1) is 0 Å². The Morgan fingerprint density at radius 1 is 0.963 bits per heavy atom. The number of halogens is 6. The van der Waals surface area contributed by atoms with Gasteiger partial charge in [-0.2, -0.15) is 26.3 Å². The fourth-order valence-electron chi connectivity index (χ4n) is 2.71. The minimum Gasteiger partial charge on any atom is -0.394 e. The van der Waals surface area contributed by atoms with Crippen LogP contribution >= 0.6 is 0 Å². The second-order valence-corrected chi connectivity index (χ2v) is 5.72. The topological polar surface area (TPSA) is 40.5 Å². The van der Waals surface area contributed by atoms with Crippen LogP contribution in [0.2, 0.25) is 0 Å². The van der Waals surface area contributed by atoms with Gasteiger partial charge in [0.15, 0.2) is 0 Å². The van der Waals surface area contributed by atoms with Crippen molar-refractivity contribution >= 4 is 11.6 Å². The average Bonchev–Trinajstić information content (AvgIpc) is 2.58. The van der Waals surface area contributed by atoms with Gasteiger partial charge in [0.1, 0.15) is 0 Å². The maximum atomic E-state index is 13.3. The normalized spacial score (nSPS) is 13.3. The van der Waals surface area contributed by atoms with Crippen LogP contribution in [-0.2, 0) is 17.1 Å². The highest BCUT2D eigenvalue weighted by molar-refractivity contribution is 5.93. The number of carbonyl (C=O) groups excluding carboxylic acids is 1. The molecule has 0 aliphatic heterocycles. The molecule has 0 fully saturated rings. The van der Waals surface area contributed by atoms with Crippen LogP contribution in [-0.4, -0.2) is 17.6 Å². The molecule has 146 valence electrons. The van der Waals surface area contributed by atoms with E-state index in [4.69, 9.17) is 0 Å². The van der Waals surface area contributed by atoms with Gasteiger partial charge >= 0.3 is 12.4 Å². The van der Waals surface area contributed by atoms with Crippen LogP contribution in [0.3, 0.4) is 0 Å². The molecule has 0 saturated heterocycles. The standard InChI is InChI=1S/C18H15F6NO2/c1-11(27)25(15-5-3-2-4-14(15)18(22,23)24)16(10-26)12-6-8-13(9-7-12)17(19,20)21/h2-9,16,26H,10H2,1H3. The van der Waals surface area contributed by atoms with Crippen molar-refractivity contribution in [3.05, 3.63) is 65.2 Å². The highest BCUT2D eigenvalue weighted by atomic mass is 19.4. The van der Waals surface area contributed by atoms with Gasteiger partial charge in [-0.3, -0.25) is 4.79 Å². The van der Waals surface area contributed by atoms with E-state index >= 15 is 0 Å². The molecule has 0 radical (unpaired) electrons. The lowest BCUT2D eigenvalue weighted by Gasteiger charge is -2.32. The number of hydrogen-bond donors (Lipinski definition) is 1. The van der Waals surface area contributed by atoms with Crippen molar-refractivity contribution in [3.8, 4) is 0 Å². The number of hydrogen-bond acceptors (Lipinski definition) is 2. The lowest BCUT2D eigenvalue weighted by molar-refractivity contribution is -0.138. The van der Waals surface area contributed by atoms with Crippen LogP contribution < -0.4 is 4.90 Å². The van der Waals surface area contributed by atoms with E-state index in [-0.39, 0.29) is 5.56 Å². The summed E-state index contributed by atoms with van der Waals surface area (Å²) in [7, 11) is 0. The third kappa shape index (κ3) is 4.60. The van der Waals surface area contributed by atoms with E-state index in [2.05, 4.69) is 0 Å². The summed E-state index contributed by atoms with van der Waals surface area (Å²) in [6.45, 7) is 0.233. The Labute approximate surface area is 150 Å². The van der Waals surface area contributed by atoms with E-state index in [1.807, 2.05) is 0 Å². The van der Waals surface area contributed by atoms with Gasteiger partial charge < -0.3 is 10.0 Å². The first-order valence-corrected chi connectivity index (χ1v) is 7.71. The minimum atomic E-state index is -4.76. The summed E-state index contributed by atoms with van der Waals surface area (Å²) in [5.41, 5.74) is -2.47. The van der Waals surface area contributed by atoms with E-state index in [9.17, 15) is 36.2 Å². The Hall–Kier alpha value is -2.55. The van der Waals surface area contributed by atoms with Crippen molar-refractivity contribution in [2.45, 2.75) is 25.3 Å². The number of anilines is 1. The summed E-state index contributed by atoms with van der Waals surface area (Å²) < 4.78 is 78.0. The number of rotatable bonds is 4. The van der Waals surface area contributed by atoms with E-state index in [0.717, 1.165) is 54.3 Å². The fourth-order valence-corrected chi connectivity index (χ4v) is 2.71. The third-order valence-corrected chi connectivity index (χ3v) is 3.92. The predicted molar refractivity (Wildman–Crippen MR) is 85.9 cm³/mol. The van der Waals surface area contributed by atoms with E-state index in [1.165, 1.54) is 6.07 Å². The maximum absolute atomic E-state index is 13.3. The summed E-state index contributed by atoms with van der Waals surface area (Å²) in [5.74, 6) is -0.800. The molecular formula is C18H15F6NO2.